The molecule has 0 spiro atoms. The van der Waals surface area contributed by atoms with Gasteiger partial charge in [-0.15, -0.1) is 0 Å². The molecule has 4 nitrogen and oxygen atoms in total. The van der Waals surface area contributed by atoms with Gasteiger partial charge in [0.25, 0.3) is 0 Å². The van der Waals surface area contributed by atoms with Gasteiger partial charge >= 0.3 is 0 Å². The minimum atomic E-state index is 0.126. The summed E-state index contributed by atoms with van der Waals surface area (Å²) in [6.07, 6.45) is 4.59. The lowest BCUT2D eigenvalue weighted by molar-refractivity contribution is -0.129. The van der Waals surface area contributed by atoms with E-state index in [1.54, 1.807) is 0 Å². The van der Waals surface area contributed by atoms with Crippen LogP contribution in [0.15, 0.2) is 5.03 Å². The molecule has 0 radical (unpaired) electrons. The average molecular weight is 346 g/mol. The quantitative estimate of drug-likeness (QED) is 0.774. The summed E-state index contributed by atoms with van der Waals surface area (Å²) in [5.74, 6) is 1.24. The van der Waals surface area contributed by atoms with Gasteiger partial charge in [0.1, 0.15) is 11.1 Å². The van der Waals surface area contributed by atoms with Crippen LogP contribution in [0.25, 0.3) is 0 Å². The third-order valence-electron chi connectivity index (χ3n) is 5.33. The molecule has 1 aliphatic carbocycles. The van der Waals surface area contributed by atoms with Crippen molar-refractivity contribution in [3.63, 3.8) is 0 Å². The molecule has 1 amide bonds. The van der Waals surface area contributed by atoms with Gasteiger partial charge in [0.2, 0.25) is 5.91 Å². The summed E-state index contributed by atoms with van der Waals surface area (Å²) in [6, 6.07) is 2.61. The number of rotatable bonds is 4. The molecule has 0 atom stereocenters. The summed E-state index contributed by atoms with van der Waals surface area (Å²) >= 11 is 1.38. The summed E-state index contributed by atoms with van der Waals surface area (Å²) in [4.78, 5) is 19.0. The van der Waals surface area contributed by atoms with E-state index in [1.807, 2.05) is 32.7 Å². The first-order valence-electron chi connectivity index (χ1n) is 8.61. The average Bonchev–Trinajstić information content (AvgIpc) is 2.57. The summed E-state index contributed by atoms with van der Waals surface area (Å²) in [5.41, 5.74) is 3.55. The van der Waals surface area contributed by atoms with E-state index in [0.29, 0.717) is 22.4 Å². The standard InChI is InChI=1S/C19H27N3OS/c1-12-6-8-16(9-7-12)22(5)18(23)11-24-19-17(10-20)14(3)13(2)15(4)21-19/h12,16H,6-9,11H2,1-5H3. The van der Waals surface area contributed by atoms with Gasteiger partial charge in [-0.2, -0.15) is 5.26 Å². The van der Waals surface area contributed by atoms with Crippen molar-refractivity contribution in [3.8, 4) is 6.07 Å². The normalized spacial score (nSPS) is 20.5. The molecule has 0 bridgehead atoms. The lowest BCUT2D eigenvalue weighted by Gasteiger charge is -2.33. The van der Waals surface area contributed by atoms with Gasteiger partial charge in [0.05, 0.1) is 11.3 Å². The number of pyridine rings is 1. The lowest BCUT2D eigenvalue weighted by Crippen LogP contribution is -2.40. The van der Waals surface area contributed by atoms with Crippen molar-refractivity contribution in [2.45, 2.75) is 64.4 Å². The Balaban J connectivity index is 2.03. The zero-order valence-electron chi connectivity index (χ0n) is 15.3. The summed E-state index contributed by atoms with van der Waals surface area (Å²) in [5, 5.41) is 10.1. The monoisotopic (exact) mass is 345 g/mol. The number of hydrogen-bond donors (Lipinski definition) is 0. The van der Waals surface area contributed by atoms with Gasteiger partial charge in [0, 0.05) is 18.8 Å². The van der Waals surface area contributed by atoms with Crippen LogP contribution in [-0.4, -0.2) is 34.6 Å². The Morgan fingerprint density at radius 3 is 2.46 bits per heavy atom. The third-order valence-corrected chi connectivity index (χ3v) is 6.29. The smallest absolute Gasteiger partial charge is 0.232 e. The predicted molar refractivity (Wildman–Crippen MR) is 98.1 cm³/mol. The summed E-state index contributed by atoms with van der Waals surface area (Å²) in [7, 11) is 1.91. The van der Waals surface area contributed by atoms with Crippen LogP contribution < -0.4 is 0 Å². The lowest BCUT2D eigenvalue weighted by atomic mass is 9.87. The van der Waals surface area contributed by atoms with Gasteiger partial charge in [-0.1, -0.05) is 18.7 Å². The van der Waals surface area contributed by atoms with Crippen LogP contribution in [0.2, 0.25) is 0 Å². The maximum atomic E-state index is 12.5. The molecule has 0 aromatic carbocycles. The van der Waals surface area contributed by atoms with Gasteiger partial charge in [-0.3, -0.25) is 4.79 Å². The topological polar surface area (TPSA) is 57.0 Å². The van der Waals surface area contributed by atoms with Crippen LogP contribution in [0.3, 0.4) is 0 Å². The summed E-state index contributed by atoms with van der Waals surface area (Å²) < 4.78 is 0. The second kappa shape index (κ2) is 8.02. The highest BCUT2D eigenvalue weighted by Crippen LogP contribution is 2.29. The third kappa shape index (κ3) is 4.10. The van der Waals surface area contributed by atoms with Gasteiger partial charge in [0.15, 0.2) is 0 Å². The molecule has 0 unspecified atom stereocenters. The number of aromatic nitrogens is 1. The van der Waals surface area contributed by atoms with E-state index < -0.39 is 0 Å². The van der Waals surface area contributed by atoms with Crippen LogP contribution in [0.1, 0.15) is 55.0 Å². The van der Waals surface area contributed by atoms with Crippen LogP contribution in [0, 0.1) is 38.0 Å². The molecular weight excluding hydrogens is 318 g/mol. The number of thioether (sulfide) groups is 1. The minimum Gasteiger partial charge on any atom is -0.342 e. The Bertz CT molecular complexity index is 658. The largest absolute Gasteiger partial charge is 0.342 e. The van der Waals surface area contributed by atoms with Crippen molar-refractivity contribution >= 4 is 17.7 Å². The minimum absolute atomic E-state index is 0.126. The second-order valence-corrected chi connectivity index (χ2v) is 7.91. The number of carbonyl (C=O) groups is 1. The molecule has 0 aliphatic heterocycles. The number of nitriles is 1. The first-order chi connectivity index (χ1) is 11.3. The fraction of sp³-hybridized carbons (Fsp3) is 0.632. The van der Waals surface area contributed by atoms with Gasteiger partial charge in [-0.25, -0.2) is 4.98 Å². The van der Waals surface area contributed by atoms with Crippen molar-refractivity contribution in [1.82, 2.24) is 9.88 Å². The van der Waals surface area contributed by atoms with E-state index in [1.165, 1.54) is 24.6 Å². The molecule has 1 heterocycles. The van der Waals surface area contributed by atoms with E-state index >= 15 is 0 Å². The molecule has 2 rings (SSSR count). The number of hydrogen-bond acceptors (Lipinski definition) is 4. The van der Waals surface area contributed by atoms with E-state index in [0.717, 1.165) is 35.6 Å². The van der Waals surface area contributed by atoms with Crippen molar-refractivity contribution < 1.29 is 4.79 Å². The van der Waals surface area contributed by atoms with Crippen LogP contribution in [0.5, 0.6) is 0 Å². The van der Waals surface area contributed by atoms with Gasteiger partial charge < -0.3 is 4.90 Å². The molecule has 1 saturated carbocycles. The predicted octanol–water partition coefficient (Wildman–Crippen LogP) is 4.01. The molecule has 1 aliphatic rings. The molecule has 0 saturated heterocycles. The van der Waals surface area contributed by atoms with Crippen molar-refractivity contribution in [2.75, 3.05) is 12.8 Å². The Labute approximate surface area is 149 Å². The molecule has 24 heavy (non-hydrogen) atoms. The highest BCUT2D eigenvalue weighted by Gasteiger charge is 2.25. The SMILES string of the molecule is Cc1nc(SCC(=O)N(C)C2CCC(C)CC2)c(C#N)c(C)c1C. The van der Waals surface area contributed by atoms with E-state index in [-0.39, 0.29) is 5.91 Å². The van der Waals surface area contributed by atoms with Crippen molar-refractivity contribution in [1.29, 1.82) is 5.26 Å². The fourth-order valence-electron chi connectivity index (χ4n) is 3.21. The Morgan fingerprint density at radius 2 is 1.88 bits per heavy atom. The fourth-order valence-corrected chi connectivity index (χ4v) is 4.22. The van der Waals surface area contributed by atoms with Crippen molar-refractivity contribution in [3.05, 3.63) is 22.4 Å². The molecular formula is C19H27N3OS. The zero-order chi connectivity index (χ0) is 17.9. The maximum absolute atomic E-state index is 12.5. The first kappa shape index (κ1) is 18.8. The zero-order valence-corrected chi connectivity index (χ0v) is 16.2. The Morgan fingerprint density at radius 1 is 1.25 bits per heavy atom. The van der Waals surface area contributed by atoms with Crippen LogP contribution >= 0.6 is 11.8 Å². The van der Waals surface area contributed by atoms with E-state index in [9.17, 15) is 10.1 Å². The molecule has 130 valence electrons. The molecule has 5 heteroatoms. The number of amides is 1. The maximum Gasteiger partial charge on any atom is 0.232 e. The highest BCUT2D eigenvalue weighted by atomic mass is 32.2. The molecule has 1 aromatic rings. The molecule has 1 fully saturated rings. The number of nitrogens with zero attached hydrogens (tertiary/aromatic N) is 3. The molecule has 0 N–H and O–H groups in total. The van der Waals surface area contributed by atoms with E-state index in [2.05, 4.69) is 18.0 Å². The van der Waals surface area contributed by atoms with E-state index in [4.69, 9.17) is 0 Å². The Kier molecular flexibility index (Phi) is 6.28. The van der Waals surface area contributed by atoms with Crippen molar-refractivity contribution in [2.24, 2.45) is 5.92 Å². The first-order valence-corrected chi connectivity index (χ1v) is 9.60. The summed E-state index contributed by atoms with van der Waals surface area (Å²) in [6.45, 7) is 8.16. The van der Waals surface area contributed by atoms with Crippen LogP contribution in [-0.2, 0) is 4.79 Å². The second-order valence-electron chi connectivity index (χ2n) is 6.95. The highest BCUT2D eigenvalue weighted by molar-refractivity contribution is 8.00. The number of aryl methyl sites for hydroxylation is 1. The number of carbonyl (C=O) groups excluding carboxylic acids is 1. The van der Waals surface area contributed by atoms with Crippen LogP contribution in [0.4, 0.5) is 0 Å². The van der Waals surface area contributed by atoms with Gasteiger partial charge in [-0.05, 0) is 63.5 Å². The molecule has 1 aromatic heterocycles. The Hall–Kier alpha value is -1.54.